The van der Waals surface area contributed by atoms with Crippen LogP contribution in [0.5, 0.6) is 0 Å². The highest BCUT2D eigenvalue weighted by molar-refractivity contribution is 6.16. The highest BCUT2D eigenvalue weighted by Gasteiger charge is 2.21. The molecule has 0 aliphatic heterocycles. The largest absolute Gasteiger partial charge is 0.353 e. The van der Waals surface area contributed by atoms with Crippen LogP contribution in [-0.2, 0) is 0 Å². The highest BCUT2D eigenvalue weighted by Crippen LogP contribution is 2.34. The predicted octanol–water partition coefficient (Wildman–Crippen LogP) is 4.62. The number of hydrogen-bond donors (Lipinski definition) is 1. The third-order valence-electron chi connectivity index (χ3n) is 4.22. The van der Waals surface area contributed by atoms with Crippen molar-refractivity contribution < 1.29 is 4.79 Å². The van der Waals surface area contributed by atoms with E-state index in [2.05, 4.69) is 27.8 Å². The lowest BCUT2D eigenvalue weighted by Crippen LogP contribution is -2.00. The molecule has 2 aromatic carbocycles. The Morgan fingerprint density at radius 1 is 1.00 bits per heavy atom. The lowest BCUT2D eigenvalue weighted by Gasteiger charge is -2.08. The fraction of sp³-hybridized carbons (Fsp3) is 0.105. The molecule has 4 rings (SSSR count). The molecule has 0 saturated heterocycles. The SMILES string of the molecule is CC(=O)c1c(C)n(-c2ccccc2)c2c1[nH]c1ccccc12. The molecule has 2 heterocycles. The van der Waals surface area contributed by atoms with Crippen LogP contribution in [0.3, 0.4) is 0 Å². The van der Waals surface area contributed by atoms with Crippen LogP contribution in [0.1, 0.15) is 23.0 Å². The minimum Gasteiger partial charge on any atom is -0.353 e. The first kappa shape index (κ1) is 12.9. The summed E-state index contributed by atoms with van der Waals surface area (Å²) in [4.78, 5) is 15.6. The van der Waals surface area contributed by atoms with Gasteiger partial charge in [0.1, 0.15) is 0 Å². The molecule has 0 spiro atoms. The van der Waals surface area contributed by atoms with Gasteiger partial charge in [0, 0.05) is 22.3 Å². The van der Waals surface area contributed by atoms with E-state index in [-0.39, 0.29) is 5.78 Å². The standard InChI is InChI=1S/C19H16N2O/c1-12-17(13(2)22)18-19(15-10-6-7-11-16(15)20-18)21(12)14-8-4-3-5-9-14/h3-11,20H,1-2H3. The van der Waals surface area contributed by atoms with Gasteiger partial charge in [-0.2, -0.15) is 0 Å². The first-order valence-electron chi connectivity index (χ1n) is 7.36. The van der Waals surface area contributed by atoms with Gasteiger partial charge in [-0.05, 0) is 32.0 Å². The Labute approximate surface area is 128 Å². The summed E-state index contributed by atoms with van der Waals surface area (Å²) in [5, 5.41) is 1.14. The Bertz CT molecular complexity index is 1010. The van der Waals surface area contributed by atoms with Gasteiger partial charge in [-0.1, -0.05) is 36.4 Å². The summed E-state index contributed by atoms with van der Waals surface area (Å²) in [5.74, 6) is 0.0868. The number of hydrogen-bond acceptors (Lipinski definition) is 1. The van der Waals surface area contributed by atoms with E-state index in [0.29, 0.717) is 0 Å². The zero-order valence-electron chi connectivity index (χ0n) is 12.6. The zero-order chi connectivity index (χ0) is 15.3. The maximum Gasteiger partial charge on any atom is 0.163 e. The van der Waals surface area contributed by atoms with Crippen molar-refractivity contribution in [1.29, 1.82) is 0 Å². The Hall–Kier alpha value is -2.81. The van der Waals surface area contributed by atoms with Crippen molar-refractivity contribution in [3.8, 4) is 5.69 Å². The van der Waals surface area contributed by atoms with Crippen molar-refractivity contribution in [2.45, 2.75) is 13.8 Å². The molecule has 0 amide bonds. The first-order valence-corrected chi connectivity index (χ1v) is 7.36. The summed E-state index contributed by atoms with van der Waals surface area (Å²) in [7, 11) is 0. The van der Waals surface area contributed by atoms with E-state index in [9.17, 15) is 4.79 Å². The molecular weight excluding hydrogens is 272 g/mol. The summed E-state index contributed by atoms with van der Waals surface area (Å²) >= 11 is 0. The van der Waals surface area contributed by atoms with Crippen LogP contribution in [0.25, 0.3) is 27.6 Å². The molecule has 108 valence electrons. The first-order chi connectivity index (χ1) is 10.7. The van der Waals surface area contributed by atoms with E-state index in [0.717, 1.165) is 38.9 Å². The molecule has 0 atom stereocenters. The molecule has 4 aromatic rings. The van der Waals surface area contributed by atoms with Crippen LogP contribution < -0.4 is 0 Å². The number of nitrogens with one attached hydrogen (secondary N) is 1. The number of Topliss-reactive ketones (excluding diaryl/α,β-unsaturated/α-hetero) is 1. The number of benzene rings is 2. The molecule has 0 saturated carbocycles. The normalized spacial score (nSPS) is 11.4. The van der Waals surface area contributed by atoms with Gasteiger partial charge < -0.3 is 9.55 Å². The molecule has 0 unspecified atom stereocenters. The maximum absolute atomic E-state index is 12.2. The lowest BCUT2D eigenvalue weighted by atomic mass is 10.1. The molecule has 2 aromatic heterocycles. The van der Waals surface area contributed by atoms with Crippen molar-refractivity contribution in [3.63, 3.8) is 0 Å². The lowest BCUT2D eigenvalue weighted by molar-refractivity contribution is 0.101. The smallest absolute Gasteiger partial charge is 0.163 e. The summed E-state index contributed by atoms with van der Waals surface area (Å²) < 4.78 is 2.17. The number of aromatic nitrogens is 2. The average molecular weight is 288 g/mol. The van der Waals surface area contributed by atoms with Crippen molar-refractivity contribution in [1.82, 2.24) is 9.55 Å². The van der Waals surface area contributed by atoms with Gasteiger partial charge in [-0.3, -0.25) is 4.79 Å². The molecule has 0 bridgehead atoms. The fourth-order valence-corrected chi connectivity index (χ4v) is 3.33. The van der Waals surface area contributed by atoms with E-state index < -0.39 is 0 Å². The number of ketones is 1. The number of para-hydroxylation sites is 2. The number of rotatable bonds is 2. The molecule has 0 fully saturated rings. The van der Waals surface area contributed by atoms with Gasteiger partial charge in [0.25, 0.3) is 0 Å². The minimum absolute atomic E-state index is 0.0868. The summed E-state index contributed by atoms with van der Waals surface area (Å²) in [6, 6.07) is 18.3. The van der Waals surface area contributed by atoms with Crippen LogP contribution in [0, 0.1) is 6.92 Å². The van der Waals surface area contributed by atoms with Crippen LogP contribution >= 0.6 is 0 Å². The maximum atomic E-state index is 12.2. The van der Waals surface area contributed by atoms with Crippen molar-refractivity contribution in [2.75, 3.05) is 0 Å². The quantitative estimate of drug-likeness (QED) is 0.537. The molecule has 22 heavy (non-hydrogen) atoms. The predicted molar refractivity (Wildman–Crippen MR) is 89.9 cm³/mol. The third-order valence-corrected chi connectivity index (χ3v) is 4.22. The van der Waals surface area contributed by atoms with Gasteiger partial charge in [-0.15, -0.1) is 0 Å². The van der Waals surface area contributed by atoms with Gasteiger partial charge >= 0.3 is 0 Å². The van der Waals surface area contributed by atoms with Gasteiger partial charge in [-0.25, -0.2) is 0 Å². The minimum atomic E-state index is 0.0868. The van der Waals surface area contributed by atoms with Crippen molar-refractivity contribution in [3.05, 3.63) is 65.9 Å². The summed E-state index contributed by atoms with van der Waals surface area (Å²) in [6.07, 6.45) is 0. The van der Waals surface area contributed by atoms with Crippen LogP contribution in [-0.4, -0.2) is 15.3 Å². The molecule has 1 N–H and O–H groups in total. The summed E-state index contributed by atoms with van der Waals surface area (Å²) in [6.45, 7) is 3.63. The Morgan fingerprint density at radius 3 is 2.41 bits per heavy atom. The van der Waals surface area contributed by atoms with E-state index in [1.54, 1.807) is 6.92 Å². The van der Waals surface area contributed by atoms with Crippen LogP contribution in [0.2, 0.25) is 0 Å². The number of aromatic amines is 1. The monoisotopic (exact) mass is 288 g/mol. The fourth-order valence-electron chi connectivity index (χ4n) is 3.33. The molecule has 3 nitrogen and oxygen atoms in total. The van der Waals surface area contributed by atoms with E-state index in [1.807, 2.05) is 43.3 Å². The second-order valence-corrected chi connectivity index (χ2v) is 5.58. The molecule has 0 radical (unpaired) electrons. The van der Waals surface area contributed by atoms with Crippen LogP contribution in [0.4, 0.5) is 0 Å². The van der Waals surface area contributed by atoms with Gasteiger partial charge in [0.15, 0.2) is 5.78 Å². The summed E-state index contributed by atoms with van der Waals surface area (Å²) in [5.41, 5.74) is 5.88. The van der Waals surface area contributed by atoms with Gasteiger partial charge in [0.05, 0.1) is 16.6 Å². The number of carbonyl (C=O) groups is 1. The second-order valence-electron chi connectivity index (χ2n) is 5.58. The molecular formula is C19H16N2O. The third kappa shape index (κ3) is 1.65. The number of fused-ring (bicyclic) bond motifs is 3. The van der Waals surface area contributed by atoms with E-state index in [4.69, 9.17) is 0 Å². The Kier molecular flexibility index (Phi) is 2.70. The second kappa shape index (κ2) is 4.60. The Balaban J connectivity index is 2.24. The number of nitrogens with zero attached hydrogens (tertiary/aromatic N) is 1. The zero-order valence-corrected chi connectivity index (χ0v) is 12.6. The highest BCUT2D eigenvalue weighted by atomic mass is 16.1. The molecule has 0 aliphatic carbocycles. The molecule has 0 aliphatic rings. The molecule has 3 heteroatoms. The van der Waals surface area contributed by atoms with Crippen LogP contribution in [0.15, 0.2) is 54.6 Å². The number of H-pyrrole nitrogens is 1. The van der Waals surface area contributed by atoms with Crippen molar-refractivity contribution in [2.24, 2.45) is 0 Å². The average Bonchev–Trinajstić information content (AvgIpc) is 3.01. The van der Waals surface area contributed by atoms with Crippen molar-refractivity contribution >= 4 is 27.7 Å². The topological polar surface area (TPSA) is 37.8 Å². The van der Waals surface area contributed by atoms with Gasteiger partial charge in [0.2, 0.25) is 0 Å². The number of carbonyl (C=O) groups excluding carboxylic acids is 1. The van der Waals surface area contributed by atoms with E-state index >= 15 is 0 Å². The van der Waals surface area contributed by atoms with E-state index in [1.165, 1.54) is 0 Å². The Morgan fingerprint density at radius 2 is 1.68 bits per heavy atom.